The number of carbonyl (C=O) groups excluding carboxylic acids is 1. The average molecular weight is 628 g/mol. The summed E-state index contributed by atoms with van der Waals surface area (Å²) in [5.41, 5.74) is 3.82. The fourth-order valence-electron chi connectivity index (χ4n) is 4.33. The Morgan fingerprint density at radius 3 is 2.62 bits per heavy atom. The highest BCUT2D eigenvalue weighted by atomic mass is 79.9. The fourth-order valence-corrected chi connectivity index (χ4v) is 4.92. The molecule has 15 heteroatoms. The monoisotopic (exact) mass is 627 g/mol. The van der Waals surface area contributed by atoms with E-state index in [0.717, 1.165) is 79.5 Å². The van der Waals surface area contributed by atoms with Crippen LogP contribution in [0.25, 0.3) is 5.65 Å². The Balaban J connectivity index is 0.000000470. The van der Waals surface area contributed by atoms with Gasteiger partial charge in [-0.1, -0.05) is 0 Å². The number of carbonyl (C=O) groups is 2. The summed E-state index contributed by atoms with van der Waals surface area (Å²) in [6.07, 6.45) is 0.549. The minimum atomic E-state index is -5.08. The Morgan fingerprint density at radius 1 is 1.25 bits per heavy atom. The van der Waals surface area contributed by atoms with Gasteiger partial charge in [0.05, 0.1) is 25.1 Å². The van der Waals surface area contributed by atoms with Gasteiger partial charge < -0.3 is 30.7 Å². The van der Waals surface area contributed by atoms with Gasteiger partial charge in [-0.2, -0.15) is 18.3 Å². The SMILES string of the molecule is Cc1cc(N2CCOCC2)c(Br)cc1NC(=O)c1cnn2ccc(N[C@@H]3CCCNC3)nc12.O=C(O)C(F)(F)F. The zero-order valence-corrected chi connectivity index (χ0v) is 23.2. The predicted octanol–water partition coefficient (Wildman–Crippen LogP) is 3.69. The summed E-state index contributed by atoms with van der Waals surface area (Å²) in [5, 5.41) is 21.3. The molecule has 1 atom stereocenters. The number of nitrogens with one attached hydrogen (secondary N) is 3. The molecule has 1 aromatic carbocycles. The number of alkyl halides is 3. The number of hydrogen-bond acceptors (Lipinski definition) is 8. The molecule has 4 heterocycles. The number of carboxylic acids is 1. The van der Waals surface area contributed by atoms with Gasteiger partial charge in [-0.05, 0) is 66.0 Å². The van der Waals surface area contributed by atoms with Crippen LogP contribution < -0.4 is 20.9 Å². The average Bonchev–Trinajstić information content (AvgIpc) is 3.35. The molecule has 11 nitrogen and oxygen atoms in total. The highest BCUT2D eigenvalue weighted by molar-refractivity contribution is 9.10. The number of morpholine rings is 1. The molecule has 2 aliphatic heterocycles. The lowest BCUT2D eigenvalue weighted by molar-refractivity contribution is -0.192. The van der Waals surface area contributed by atoms with Crippen LogP contribution in [-0.2, 0) is 9.53 Å². The molecule has 4 N–H and O–H groups in total. The van der Waals surface area contributed by atoms with Crippen LogP contribution in [0.15, 0.2) is 35.1 Å². The number of aliphatic carboxylic acids is 1. The van der Waals surface area contributed by atoms with Gasteiger partial charge in [0, 0.05) is 42.0 Å². The normalized spacial score (nSPS) is 17.6. The molecule has 2 saturated heterocycles. The molecular formula is C25H29BrF3N7O4. The number of amides is 1. The number of fused-ring (bicyclic) bond motifs is 1. The summed E-state index contributed by atoms with van der Waals surface area (Å²) in [7, 11) is 0. The van der Waals surface area contributed by atoms with Crippen LogP contribution >= 0.6 is 15.9 Å². The Kier molecular flexibility index (Phi) is 9.48. The second-order valence-electron chi connectivity index (χ2n) is 9.30. The molecule has 0 saturated carbocycles. The van der Waals surface area contributed by atoms with Gasteiger partial charge in [-0.15, -0.1) is 0 Å². The maximum absolute atomic E-state index is 13.2. The summed E-state index contributed by atoms with van der Waals surface area (Å²) in [6, 6.07) is 6.28. The lowest BCUT2D eigenvalue weighted by Gasteiger charge is -2.30. The number of aromatic nitrogens is 3. The Morgan fingerprint density at radius 2 is 1.98 bits per heavy atom. The highest BCUT2D eigenvalue weighted by Crippen LogP contribution is 2.33. The van der Waals surface area contributed by atoms with E-state index in [1.165, 1.54) is 0 Å². The first-order valence-corrected chi connectivity index (χ1v) is 13.4. The molecule has 40 heavy (non-hydrogen) atoms. The minimum Gasteiger partial charge on any atom is -0.475 e. The van der Waals surface area contributed by atoms with Crippen molar-refractivity contribution in [3.63, 3.8) is 0 Å². The summed E-state index contributed by atoms with van der Waals surface area (Å²) in [6.45, 7) is 7.12. The van der Waals surface area contributed by atoms with Crippen molar-refractivity contribution in [3.8, 4) is 0 Å². The third-order valence-corrected chi connectivity index (χ3v) is 7.03. The minimum absolute atomic E-state index is 0.233. The Hall–Kier alpha value is -3.43. The van der Waals surface area contributed by atoms with Crippen molar-refractivity contribution in [3.05, 3.63) is 46.2 Å². The van der Waals surface area contributed by atoms with Gasteiger partial charge in [0.2, 0.25) is 0 Å². The topological polar surface area (TPSA) is 133 Å². The number of aryl methyl sites for hydroxylation is 1. The van der Waals surface area contributed by atoms with Crippen LogP contribution in [-0.4, -0.2) is 83.2 Å². The first-order valence-electron chi connectivity index (χ1n) is 12.6. The van der Waals surface area contributed by atoms with Crippen molar-refractivity contribution in [2.24, 2.45) is 0 Å². The second-order valence-corrected chi connectivity index (χ2v) is 10.2. The molecule has 0 radical (unpaired) electrons. The van der Waals surface area contributed by atoms with E-state index in [2.05, 4.69) is 52.9 Å². The lowest BCUT2D eigenvalue weighted by Crippen LogP contribution is -2.38. The number of rotatable bonds is 5. The molecule has 2 aliphatic rings. The Bertz CT molecular complexity index is 1360. The van der Waals surface area contributed by atoms with Crippen molar-refractivity contribution >= 4 is 50.6 Å². The maximum Gasteiger partial charge on any atom is 0.490 e. The number of hydrogen-bond donors (Lipinski definition) is 4. The van der Waals surface area contributed by atoms with Gasteiger partial charge in [-0.25, -0.2) is 14.3 Å². The second kappa shape index (κ2) is 12.8. The molecule has 2 aromatic heterocycles. The summed E-state index contributed by atoms with van der Waals surface area (Å²) in [5.74, 6) is -2.24. The van der Waals surface area contributed by atoms with Gasteiger partial charge in [0.25, 0.3) is 5.91 Å². The van der Waals surface area contributed by atoms with E-state index < -0.39 is 12.1 Å². The van der Waals surface area contributed by atoms with E-state index >= 15 is 0 Å². The van der Waals surface area contributed by atoms with E-state index in [-0.39, 0.29) is 5.91 Å². The van der Waals surface area contributed by atoms with E-state index in [0.29, 0.717) is 17.3 Å². The molecule has 1 amide bonds. The number of carboxylic acid groups (broad SMARTS) is 1. The summed E-state index contributed by atoms with van der Waals surface area (Å²) >= 11 is 3.68. The van der Waals surface area contributed by atoms with Crippen LogP contribution in [0.2, 0.25) is 0 Å². The molecule has 216 valence electrons. The van der Waals surface area contributed by atoms with Crippen LogP contribution in [0.5, 0.6) is 0 Å². The quantitative estimate of drug-likeness (QED) is 0.334. The van der Waals surface area contributed by atoms with Crippen LogP contribution in [0.3, 0.4) is 0 Å². The number of halogens is 4. The van der Waals surface area contributed by atoms with E-state index in [4.69, 9.17) is 14.6 Å². The highest BCUT2D eigenvalue weighted by Gasteiger charge is 2.38. The zero-order chi connectivity index (χ0) is 28.9. The van der Waals surface area contributed by atoms with Gasteiger partial charge in [0.15, 0.2) is 5.65 Å². The van der Waals surface area contributed by atoms with Crippen molar-refractivity contribution in [2.75, 3.05) is 54.9 Å². The van der Waals surface area contributed by atoms with E-state index in [9.17, 15) is 18.0 Å². The lowest BCUT2D eigenvalue weighted by atomic mass is 10.1. The number of benzene rings is 1. The van der Waals surface area contributed by atoms with Gasteiger partial charge >= 0.3 is 12.1 Å². The van der Waals surface area contributed by atoms with Crippen molar-refractivity contribution < 1.29 is 32.6 Å². The van der Waals surface area contributed by atoms with Crippen LogP contribution in [0.1, 0.15) is 28.8 Å². The Labute approximate surface area is 236 Å². The number of ether oxygens (including phenoxy) is 1. The van der Waals surface area contributed by atoms with E-state index in [1.54, 1.807) is 10.7 Å². The molecule has 2 fully saturated rings. The van der Waals surface area contributed by atoms with Crippen LogP contribution in [0.4, 0.5) is 30.4 Å². The molecule has 0 unspecified atom stereocenters. The number of anilines is 3. The number of nitrogens with zero attached hydrogens (tertiary/aromatic N) is 4. The zero-order valence-electron chi connectivity index (χ0n) is 21.6. The van der Waals surface area contributed by atoms with Crippen LogP contribution in [0, 0.1) is 6.92 Å². The predicted molar refractivity (Wildman–Crippen MR) is 146 cm³/mol. The summed E-state index contributed by atoms with van der Waals surface area (Å²) in [4.78, 5) is 29.0. The largest absolute Gasteiger partial charge is 0.490 e. The third kappa shape index (κ3) is 7.40. The summed E-state index contributed by atoms with van der Waals surface area (Å²) < 4.78 is 39.8. The van der Waals surface area contributed by atoms with Crippen molar-refractivity contribution in [1.82, 2.24) is 19.9 Å². The first kappa shape index (κ1) is 29.6. The number of piperidine rings is 1. The standard InChI is InChI=1S/C23H28BrN7O2.C2HF3O2/c1-15-11-20(30-7-9-33-10-8-30)18(24)12-19(15)28-23(32)17-14-26-31-6-4-21(29-22(17)31)27-16-3-2-5-25-13-16;3-2(4,5)1(6)7/h4,6,11-12,14,16,25H,2-3,5,7-10,13H2,1H3,(H,27,29)(H,28,32);(H,6,7)/t16-;/m1./s1. The smallest absolute Gasteiger partial charge is 0.475 e. The first-order chi connectivity index (χ1) is 19.0. The van der Waals surface area contributed by atoms with Crippen molar-refractivity contribution in [1.29, 1.82) is 0 Å². The van der Waals surface area contributed by atoms with Gasteiger partial charge in [0.1, 0.15) is 11.4 Å². The molecule has 3 aromatic rings. The molecule has 0 aliphatic carbocycles. The maximum atomic E-state index is 13.2. The van der Waals surface area contributed by atoms with E-state index in [1.807, 2.05) is 25.3 Å². The van der Waals surface area contributed by atoms with Crippen molar-refractivity contribution in [2.45, 2.75) is 32.0 Å². The molecule has 0 bridgehead atoms. The molecule has 0 spiro atoms. The fraction of sp³-hybridized carbons (Fsp3) is 0.440. The molecular weight excluding hydrogens is 599 g/mol. The molecule has 5 rings (SSSR count). The van der Waals surface area contributed by atoms with Gasteiger partial charge in [-0.3, -0.25) is 4.79 Å². The third-order valence-electron chi connectivity index (χ3n) is 6.40.